The molecule has 0 aromatic carbocycles. The summed E-state index contributed by atoms with van der Waals surface area (Å²) < 4.78 is 0. The van der Waals surface area contributed by atoms with Crippen molar-refractivity contribution < 1.29 is 4.79 Å². The Hall–Kier alpha value is -0.790. The van der Waals surface area contributed by atoms with Crippen LogP contribution in [0, 0.1) is 0 Å². The minimum Gasteiger partial charge on any atom is -0.388 e. The smallest absolute Gasteiger partial charge is 0.157 e. The standard InChI is InChI=1S/C8H13NO/c1-6-3-4-8(5-9-6)7(2)10/h5-6,9H,3-4H2,1-2H3. The molecule has 0 aromatic heterocycles. The second kappa shape index (κ2) is 2.86. The highest BCUT2D eigenvalue weighted by molar-refractivity contribution is 5.93. The van der Waals surface area contributed by atoms with Gasteiger partial charge >= 0.3 is 0 Å². The number of carbonyl (C=O) groups is 1. The molecule has 2 heteroatoms. The summed E-state index contributed by atoms with van der Waals surface area (Å²) in [6.45, 7) is 3.73. The van der Waals surface area contributed by atoms with Crippen molar-refractivity contribution in [1.82, 2.24) is 5.32 Å². The third kappa shape index (κ3) is 1.59. The molecule has 1 rings (SSSR count). The predicted molar refractivity (Wildman–Crippen MR) is 40.6 cm³/mol. The van der Waals surface area contributed by atoms with E-state index in [1.807, 2.05) is 6.20 Å². The van der Waals surface area contributed by atoms with Crippen molar-refractivity contribution in [3.8, 4) is 0 Å². The molecule has 1 N–H and O–H groups in total. The lowest BCUT2D eigenvalue weighted by Crippen LogP contribution is -2.26. The minimum absolute atomic E-state index is 0.194. The first-order valence-corrected chi connectivity index (χ1v) is 3.66. The Morgan fingerprint density at radius 3 is 2.90 bits per heavy atom. The normalized spacial score (nSPS) is 25.0. The molecule has 0 amide bonds. The average Bonchev–Trinajstić information content (AvgIpc) is 1.88. The van der Waals surface area contributed by atoms with Crippen molar-refractivity contribution in [2.24, 2.45) is 0 Å². The van der Waals surface area contributed by atoms with Gasteiger partial charge in [-0.3, -0.25) is 4.79 Å². The second-order valence-corrected chi connectivity index (χ2v) is 2.83. The van der Waals surface area contributed by atoms with E-state index in [9.17, 15) is 4.79 Å². The zero-order valence-electron chi connectivity index (χ0n) is 6.48. The maximum absolute atomic E-state index is 10.8. The quantitative estimate of drug-likeness (QED) is 0.592. The van der Waals surface area contributed by atoms with Crippen molar-refractivity contribution >= 4 is 5.78 Å². The molecule has 0 spiro atoms. The van der Waals surface area contributed by atoms with Crippen molar-refractivity contribution in [1.29, 1.82) is 0 Å². The molecule has 2 nitrogen and oxygen atoms in total. The van der Waals surface area contributed by atoms with Crippen LogP contribution in [-0.2, 0) is 4.79 Å². The molecule has 1 unspecified atom stereocenters. The van der Waals surface area contributed by atoms with Crippen LogP contribution in [0.2, 0.25) is 0 Å². The van der Waals surface area contributed by atoms with Gasteiger partial charge in [-0.1, -0.05) is 0 Å². The fourth-order valence-electron chi connectivity index (χ4n) is 1.05. The Kier molecular flexibility index (Phi) is 2.10. The van der Waals surface area contributed by atoms with E-state index < -0.39 is 0 Å². The van der Waals surface area contributed by atoms with Gasteiger partial charge in [0.2, 0.25) is 0 Å². The molecular formula is C8H13NO. The van der Waals surface area contributed by atoms with Crippen LogP contribution in [0.15, 0.2) is 11.8 Å². The van der Waals surface area contributed by atoms with Crippen LogP contribution in [0.25, 0.3) is 0 Å². The van der Waals surface area contributed by atoms with Crippen molar-refractivity contribution in [2.75, 3.05) is 0 Å². The zero-order chi connectivity index (χ0) is 7.56. The Labute approximate surface area is 61.3 Å². The molecule has 0 aromatic rings. The second-order valence-electron chi connectivity index (χ2n) is 2.83. The number of hydrogen-bond acceptors (Lipinski definition) is 2. The van der Waals surface area contributed by atoms with Crippen molar-refractivity contribution in [2.45, 2.75) is 32.7 Å². The van der Waals surface area contributed by atoms with E-state index in [0.717, 1.165) is 18.4 Å². The van der Waals surface area contributed by atoms with Crippen LogP contribution in [0.4, 0.5) is 0 Å². The monoisotopic (exact) mass is 139 g/mol. The summed E-state index contributed by atoms with van der Waals surface area (Å²) in [5, 5.41) is 3.13. The number of nitrogens with one attached hydrogen (secondary N) is 1. The van der Waals surface area contributed by atoms with Gasteiger partial charge in [0.1, 0.15) is 0 Å². The minimum atomic E-state index is 0.194. The predicted octanol–water partition coefficient (Wildman–Crippen LogP) is 1.23. The summed E-state index contributed by atoms with van der Waals surface area (Å²) in [6, 6.07) is 0.531. The van der Waals surface area contributed by atoms with Crippen molar-refractivity contribution in [3.05, 3.63) is 11.8 Å². The molecule has 0 aliphatic carbocycles. The fraction of sp³-hybridized carbons (Fsp3) is 0.625. The molecule has 0 saturated carbocycles. The zero-order valence-corrected chi connectivity index (χ0v) is 6.48. The van der Waals surface area contributed by atoms with Gasteiger partial charge in [-0.05, 0) is 26.7 Å². The summed E-state index contributed by atoms with van der Waals surface area (Å²) in [6.07, 6.45) is 3.85. The summed E-state index contributed by atoms with van der Waals surface area (Å²) in [7, 11) is 0. The Morgan fingerprint density at radius 1 is 1.80 bits per heavy atom. The van der Waals surface area contributed by atoms with Crippen LogP contribution in [0.3, 0.4) is 0 Å². The molecule has 10 heavy (non-hydrogen) atoms. The molecule has 0 bridgehead atoms. The molecule has 0 saturated heterocycles. The Morgan fingerprint density at radius 2 is 2.50 bits per heavy atom. The molecule has 1 aliphatic heterocycles. The van der Waals surface area contributed by atoms with E-state index in [1.54, 1.807) is 6.92 Å². The van der Waals surface area contributed by atoms with Crippen LogP contribution in [0.1, 0.15) is 26.7 Å². The first-order valence-electron chi connectivity index (χ1n) is 3.66. The highest BCUT2D eigenvalue weighted by Gasteiger charge is 2.11. The number of hydrogen-bond donors (Lipinski definition) is 1. The molecule has 0 radical (unpaired) electrons. The van der Waals surface area contributed by atoms with E-state index in [1.165, 1.54) is 0 Å². The first kappa shape index (κ1) is 7.32. The molecule has 1 aliphatic rings. The summed E-state index contributed by atoms with van der Waals surface area (Å²) >= 11 is 0. The lowest BCUT2D eigenvalue weighted by atomic mass is 10.0. The number of carbonyl (C=O) groups excluding carboxylic acids is 1. The van der Waals surface area contributed by atoms with Crippen molar-refractivity contribution in [3.63, 3.8) is 0 Å². The van der Waals surface area contributed by atoms with Gasteiger partial charge in [0.05, 0.1) is 0 Å². The largest absolute Gasteiger partial charge is 0.388 e. The van der Waals surface area contributed by atoms with E-state index >= 15 is 0 Å². The fourth-order valence-corrected chi connectivity index (χ4v) is 1.05. The van der Waals surface area contributed by atoms with Crippen LogP contribution >= 0.6 is 0 Å². The number of Topliss-reactive ketones (excluding diaryl/α,β-unsaturated/α-hetero) is 1. The third-order valence-electron chi connectivity index (χ3n) is 1.84. The molecule has 1 heterocycles. The number of allylic oxidation sites excluding steroid dienone is 1. The first-order chi connectivity index (χ1) is 4.70. The summed E-state index contributed by atoms with van der Waals surface area (Å²) in [5.74, 6) is 0.194. The SMILES string of the molecule is CC(=O)C1=CNC(C)CC1. The topological polar surface area (TPSA) is 29.1 Å². The van der Waals surface area contributed by atoms with Gasteiger partial charge in [-0.15, -0.1) is 0 Å². The van der Waals surface area contributed by atoms with E-state index in [2.05, 4.69) is 12.2 Å². The Balaban J connectivity index is 2.56. The third-order valence-corrected chi connectivity index (χ3v) is 1.84. The van der Waals surface area contributed by atoms with E-state index in [0.29, 0.717) is 6.04 Å². The number of rotatable bonds is 1. The van der Waals surface area contributed by atoms with Crippen LogP contribution < -0.4 is 5.32 Å². The van der Waals surface area contributed by atoms with Crippen LogP contribution in [0.5, 0.6) is 0 Å². The highest BCUT2D eigenvalue weighted by Crippen LogP contribution is 2.12. The number of ketones is 1. The lowest BCUT2D eigenvalue weighted by molar-refractivity contribution is -0.113. The van der Waals surface area contributed by atoms with E-state index in [-0.39, 0.29) is 5.78 Å². The van der Waals surface area contributed by atoms with Crippen LogP contribution in [-0.4, -0.2) is 11.8 Å². The molecule has 56 valence electrons. The molecule has 1 atom stereocenters. The molecule has 0 fully saturated rings. The maximum atomic E-state index is 10.8. The van der Waals surface area contributed by atoms with Gasteiger partial charge in [0, 0.05) is 17.8 Å². The lowest BCUT2D eigenvalue weighted by Gasteiger charge is -2.18. The average molecular weight is 139 g/mol. The summed E-state index contributed by atoms with van der Waals surface area (Å²) in [5.41, 5.74) is 0.929. The summed E-state index contributed by atoms with van der Waals surface area (Å²) in [4.78, 5) is 10.8. The Bertz CT molecular complexity index is 172. The van der Waals surface area contributed by atoms with Gasteiger partial charge in [-0.25, -0.2) is 0 Å². The van der Waals surface area contributed by atoms with Gasteiger partial charge in [-0.2, -0.15) is 0 Å². The van der Waals surface area contributed by atoms with Gasteiger partial charge in [0.15, 0.2) is 5.78 Å². The maximum Gasteiger partial charge on any atom is 0.157 e. The van der Waals surface area contributed by atoms with Gasteiger partial charge in [0.25, 0.3) is 0 Å². The highest BCUT2D eigenvalue weighted by atomic mass is 16.1. The molecular weight excluding hydrogens is 126 g/mol. The van der Waals surface area contributed by atoms with E-state index in [4.69, 9.17) is 0 Å². The van der Waals surface area contributed by atoms with Gasteiger partial charge < -0.3 is 5.32 Å².